The largest absolute Gasteiger partial charge is 0.480 e. The number of carbonyl (C=O) groups excluding carboxylic acids is 1. The number of carbonyl (C=O) groups is 2. The maximum Gasteiger partial charge on any atom is 0.322 e. The average Bonchev–Trinajstić information content (AvgIpc) is 2.48. The molecule has 0 unspecified atom stereocenters. The molecule has 0 saturated heterocycles. The maximum absolute atomic E-state index is 10.2. The van der Waals surface area contributed by atoms with Gasteiger partial charge in [-0.15, -0.1) is 0 Å². The number of aldehydes is 1. The lowest BCUT2D eigenvalue weighted by atomic mass is 10.6. The van der Waals surface area contributed by atoms with Gasteiger partial charge >= 0.3 is 5.97 Å². The average molecular weight is 186 g/mol. The molecule has 0 saturated carbocycles. The van der Waals surface area contributed by atoms with Crippen LogP contribution >= 0.6 is 11.3 Å². The van der Waals surface area contributed by atoms with Crippen LogP contribution in [0.25, 0.3) is 0 Å². The summed E-state index contributed by atoms with van der Waals surface area (Å²) in [5.74, 6) is -0.948. The number of nitrogens with one attached hydrogen (secondary N) is 1. The smallest absolute Gasteiger partial charge is 0.322 e. The minimum atomic E-state index is -0.948. The highest BCUT2D eigenvalue weighted by Crippen LogP contribution is 2.16. The Hall–Kier alpha value is -1.43. The standard InChI is InChI=1S/C6H6N2O3S/c9-3-5-7-1-4(12-5)8-2-6(10)11/h1,3,8H,2H2,(H,10,11). The van der Waals surface area contributed by atoms with Crippen molar-refractivity contribution in [1.82, 2.24) is 4.98 Å². The number of rotatable bonds is 4. The predicted octanol–water partition coefficient (Wildman–Crippen LogP) is 0.452. The van der Waals surface area contributed by atoms with Gasteiger partial charge in [0.25, 0.3) is 0 Å². The van der Waals surface area contributed by atoms with Crippen molar-refractivity contribution in [2.24, 2.45) is 0 Å². The molecule has 0 aromatic carbocycles. The zero-order valence-electron chi connectivity index (χ0n) is 5.98. The highest BCUT2D eigenvalue weighted by atomic mass is 32.1. The third-order valence-corrected chi connectivity index (χ3v) is 1.92. The fourth-order valence-electron chi connectivity index (χ4n) is 0.587. The first-order chi connectivity index (χ1) is 5.72. The maximum atomic E-state index is 10.2. The van der Waals surface area contributed by atoms with Crippen molar-refractivity contribution < 1.29 is 14.7 Å². The number of aromatic nitrogens is 1. The van der Waals surface area contributed by atoms with Crippen molar-refractivity contribution >= 4 is 28.6 Å². The van der Waals surface area contributed by atoms with Crippen LogP contribution in [0.4, 0.5) is 5.00 Å². The van der Waals surface area contributed by atoms with Crippen LogP contribution in [0.5, 0.6) is 0 Å². The molecule has 0 aliphatic heterocycles. The Labute approximate surface area is 72.1 Å². The second-order valence-corrected chi connectivity index (χ2v) is 2.99. The Morgan fingerprint density at radius 1 is 1.83 bits per heavy atom. The van der Waals surface area contributed by atoms with Crippen LogP contribution in [0.3, 0.4) is 0 Å². The lowest BCUT2D eigenvalue weighted by Crippen LogP contribution is -2.11. The first kappa shape index (κ1) is 8.66. The Morgan fingerprint density at radius 3 is 3.08 bits per heavy atom. The summed E-state index contributed by atoms with van der Waals surface area (Å²) in [7, 11) is 0. The van der Waals surface area contributed by atoms with E-state index in [0.29, 0.717) is 16.3 Å². The van der Waals surface area contributed by atoms with Gasteiger partial charge in [0, 0.05) is 0 Å². The summed E-state index contributed by atoms with van der Waals surface area (Å²) in [6.07, 6.45) is 2.05. The minimum absolute atomic E-state index is 0.166. The summed E-state index contributed by atoms with van der Waals surface area (Å²) >= 11 is 1.12. The van der Waals surface area contributed by atoms with Gasteiger partial charge in [-0.25, -0.2) is 4.98 Å². The van der Waals surface area contributed by atoms with Gasteiger partial charge in [-0.1, -0.05) is 11.3 Å². The summed E-state index contributed by atoms with van der Waals surface area (Å²) in [6.45, 7) is -0.166. The zero-order chi connectivity index (χ0) is 8.97. The highest BCUT2D eigenvalue weighted by molar-refractivity contribution is 7.17. The Morgan fingerprint density at radius 2 is 2.58 bits per heavy atom. The van der Waals surface area contributed by atoms with Crippen LogP contribution < -0.4 is 5.32 Å². The molecule has 0 radical (unpaired) electrons. The van der Waals surface area contributed by atoms with E-state index in [1.165, 1.54) is 6.20 Å². The van der Waals surface area contributed by atoms with E-state index in [1.807, 2.05) is 0 Å². The van der Waals surface area contributed by atoms with Crippen LogP contribution in [0.2, 0.25) is 0 Å². The first-order valence-corrected chi connectivity index (χ1v) is 3.90. The van der Waals surface area contributed by atoms with Gasteiger partial charge in [0.1, 0.15) is 11.5 Å². The lowest BCUT2D eigenvalue weighted by Gasteiger charge is -1.94. The first-order valence-electron chi connectivity index (χ1n) is 3.09. The van der Waals surface area contributed by atoms with E-state index in [9.17, 15) is 9.59 Å². The molecule has 1 aromatic rings. The molecule has 6 heteroatoms. The van der Waals surface area contributed by atoms with Gasteiger partial charge in [0.2, 0.25) is 0 Å². The Balaban J connectivity index is 2.52. The Kier molecular flexibility index (Phi) is 2.76. The monoisotopic (exact) mass is 186 g/mol. The SMILES string of the molecule is O=Cc1ncc(NCC(=O)O)s1. The van der Waals surface area contributed by atoms with Crippen LogP contribution in [-0.2, 0) is 4.79 Å². The number of carboxylic acids is 1. The van der Waals surface area contributed by atoms with Crippen molar-refractivity contribution in [3.05, 3.63) is 11.2 Å². The molecule has 2 N–H and O–H groups in total. The van der Waals surface area contributed by atoms with Gasteiger partial charge in [-0.3, -0.25) is 9.59 Å². The molecule has 5 nitrogen and oxygen atoms in total. The molecule has 0 amide bonds. The molecule has 0 aliphatic rings. The molecular weight excluding hydrogens is 180 g/mol. The number of hydrogen-bond donors (Lipinski definition) is 2. The normalized spacial score (nSPS) is 9.33. The molecule has 0 spiro atoms. The summed E-state index contributed by atoms with van der Waals surface area (Å²) < 4.78 is 0. The topological polar surface area (TPSA) is 79.3 Å². The number of nitrogens with zero attached hydrogens (tertiary/aromatic N) is 1. The second-order valence-electron chi connectivity index (χ2n) is 1.93. The Bertz CT molecular complexity index is 297. The number of thiazole rings is 1. The van der Waals surface area contributed by atoms with Crippen molar-refractivity contribution in [3.63, 3.8) is 0 Å². The zero-order valence-corrected chi connectivity index (χ0v) is 6.80. The van der Waals surface area contributed by atoms with Gasteiger partial charge in [0.05, 0.1) is 6.20 Å². The van der Waals surface area contributed by atoms with Crippen LogP contribution in [0, 0.1) is 0 Å². The fraction of sp³-hybridized carbons (Fsp3) is 0.167. The van der Waals surface area contributed by atoms with E-state index >= 15 is 0 Å². The quantitative estimate of drug-likeness (QED) is 0.667. The molecule has 0 atom stereocenters. The number of hydrogen-bond acceptors (Lipinski definition) is 5. The second kappa shape index (κ2) is 3.82. The summed E-state index contributed by atoms with van der Waals surface area (Å²) in [4.78, 5) is 24.0. The van der Waals surface area contributed by atoms with Crippen molar-refractivity contribution in [3.8, 4) is 0 Å². The highest BCUT2D eigenvalue weighted by Gasteiger charge is 2.01. The third-order valence-electron chi connectivity index (χ3n) is 1.04. The predicted molar refractivity (Wildman–Crippen MR) is 43.6 cm³/mol. The van der Waals surface area contributed by atoms with Gasteiger partial charge in [0.15, 0.2) is 11.3 Å². The van der Waals surface area contributed by atoms with Gasteiger partial charge in [-0.2, -0.15) is 0 Å². The lowest BCUT2D eigenvalue weighted by molar-refractivity contribution is -0.134. The summed E-state index contributed by atoms with van der Waals surface area (Å²) in [6, 6.07) is 0. The number of aliphatic carboxylic acids is 1. The molecular formula is C6H6N2O3S. The molecule has 1 rings (SSSR count). The molecule has 1 aromatic heterocycles. The molecule has 64 valence electrons. The minimum Gasteiger partial charge on any atom is -0.480 e. The van der Waals surface area contributed by atoms with Gasteiger partial charge < -0.3 is 10.4 Å². The number of anilines is 1. The van der Waals surface area contributed by atoms with Crippen molar-refractivity contribution in [1.29, 1.82) is 0 Å². The molecule has 0 aliphatic carbocycles. The van der Waals surface area contributed by atoms with Crippen molar-refractivity contribution in [2.45, 2.75) is 0 Å². The number of carboxylic acid groups (broad SMARTS) is 1. The molecule has 0 bridgehead atoms. The third kappa shape index (κ3) is 2.31. The van der Waals surface area contributed by atoms with Crippen LogP contribution in [0.1, 0.15) is 9.80 Å². The van der Waals surface area contributed by atoms with E-state index in [4.69, 9.17) is 5.11 Å². The van der Waals surface area contributed by atoms with Crippen LogP contribution in [0.15, 0.2) is 6.20 Å². The van der Waals surface area contributed by atoms with E-state index in [0.717, 1.165) is 11.3 Å². The fourth-order valence-corrected chi connectivity index (χ4v) is 1.22. The van der Waals surface area contributed by atoms with E-state index < -0.39 is 5.97 Å². The van der Waals surface area contributed by atoms with Crippen molar-refractivity contribution in [2.75, 3.05) is 11.9 Å². The van der Waals surface area contributed by atoms with E-state index in [2.05, 4.69) is 10.3 Å². The molecule has 12 heavy (non-hydrogen) atoms. The summed E-state index contributed by atoms with van der Waals surface area (Å²) in [5.41, 5.74) is 0. The molecule has 1 heterocycles. The summed E-state index contributed by atoms with van der Waals surface area (Å²) in [5, 5.41) is 11.8. The van der Waals surface area contributed by atoms with E-state index in [-0.39, 0.29) is 6.54 Å². The van der Waals surface area contributed by atoms with E-state index in [1.54, 1.807) is 0 Å². The van der Waals surface area contributed by atoms with Gasteiger partial charge in [-0.05, 0) is 0 Å². The molecule has 0 fully saturated rings. The van der Waals surface area contributed by atoms with Crippen LogP contribution in [-0.4, -0.2) is 28.9 Å².